The van der Waals surface area contributed by atoms with Gasteiger partial charge in [-0.3, -0.25) is 0 Å². The molecule has 110 valence electrons. The van der Waals surface area contributed by atoms with Gasteiger partial charge in [0.2, 0.25) is 0 Å². The standard InChI is InChI=1S/C15H13ClFNO3/c1-20-15(19)14-12(18)3-2-4-13(14)21-8-9-7-10(16)5-6-11(9)17/h2-7H,8,18H2,1H3. The quantitative estimate of drug-likeness (QED) is 0.694. The lowest BCUT2D eigenvalue weighted by atomic mass is 10.1. The van der Waals surface area contributed by atoms with E-state index in [4.69, 9.17) is 22.1 Å². The zero-order valence-corrected chi connectivity index (χ0v) is 12.0. The Hall–Kier alpha value is -2.27. The molecule has 21 heavy (non-hydrogen) atoms. The molecule has 6 heteroatoms. The summed E-state index contributed by atoms with van der Waals surface area (Å²) in [5, 5.41) is 0.399. The third-order valence-electron chi connectivity index (χ3n) is 2.84. The summed E-state index contributed by atoms with van der Waals surface area (Å²) < 4.78 is 23.8. The second-order valence-electron chi connectivity index (χ2n) is 4.24. The van der Waals surface area contributed by atoms with Crippen LogP contribution in [-0.2, 0) is 11.3 Å². The van der Waals surface area contributed by atoms with Crippen LogP contribution in [0.15, 0.2) is 36.4 Å². The summed E-state index contributed by atoms with van der Waals surface area (Å²) in [5.41, 5.74) is 6.36. The molecule has 0 fully saturated rings. The van der Waals surface area contributed by atoms with Crippen molar-refractivity contribution >= 4 is 23.3 Å². The summed E-state index contributed by atoms with van der Waals surface area (Å²) in [7, 11) is 1.25. The minimum Gasteiger partial charge on any atom is -0.488 e. The lowest BCUT2D eigenvalue weighted by molar-refractivity contribution is 0.0597. The number of hydrogen-bond acceptors (Lipinski definition) is 4. The Morgan fingerprint density at radius 3 is 2.81 bits per heavy atom. The van der Waals surface area contributed by atoms with Gasteiger partial charge in [0.1, 0.15) is 23.7 Å². The van der Waals surface area contributed by atoms with Gasteiger partial charge in [0, 0.05) is 16.3 Å². The number of nitrogens with two attached hydrogens (primary N) is 1. The van der Waals surface area contributed by atoms with Crippen LogP contribution in [0.2, 0.25) is 5.02 Å². The molecule has 0 spiro atoms. The van der Waals surface area contributed by atoms with E-state index in [1.165, 1.54) is 25.3 Å². The second kappa shape index (κ2) is 6.45. The Morgan fingerprint density at radius 2 is 2.10 bits per heavy atom. The molecule has 0 unspecified atom stereocenters. The monoisotopic (exact) mass is 309 g/mol. The van der Waals surface area contributed by atoms with Crippen LogP contribution >= 0.6 is 11.6 Å². The number of benzene rings is 2. The van der Waals surface area contributed by atoms with E-state index in [1.54, 1.807) is 18.2 Å². The van der Waals surface area contributed by atoms with Crippen molar-refractivity contribution in [3.8, 4) is 5.75 Å². The topological polar surface area (TPSA) is 61.5 Å². The molecule has 0 aliphatic rings. The van der Waals surface area contributed by atoms with Gasteiger partial charge in [0.15, 0.2) is 0 Å². The molecule has 4 nitrogen and oxygen atoms in total. The first-order valence-corrected chi connectivity index (χ1v) is 6.44. The number of anilines is 1. The highest BCUT2D eigenvalue weighted by Gasteiger charge is 2.17. The number of halogens is 2. The Bertz CT molecular complexity index is 676. The van der Waals surface area contributed by atoms with Crippen LogP contribution in [0.3, 0.4) is 0 Å². The van der Waals surface area contributed by atoms with Crippen molar-refractivity contribution < 1.29 is 18.7 Å². The third kappa shape index (κ3) is 3.44. The van der Waals surface area contributed by atoms with Crippen molar-refractivity contribution in [1.82, 2.24) is 0 Å². The zero-order chi connectivity index (χ0) is 15.4. The summed E-state index contributed by atoms with van der Waals surface area (Å²) in [6, 6.07) is 8.90. The second-order valence-corrected chi connectivity index (χ2v) is 4.67. The van der Waals surface area contributed by atoms with Crippen LogP contribution in [0.4, 0.5) is 10.1 Å². The highest BCUT2D eigenvalue weighted by molar-refractivity contribution is 6.30. The number of methoxy groups -OCH3 is 1. The van der Waals surface area contributed by atoms with Crippen molar-refractivity contribution in [1.29, 1.82) is 0 Å². The van der Waals surface area contributed by atoms with E-state index in [1.807, 2.05) is 0 Å². The maximum Gasteiger partial charge on any atom is 0.343 e. The summed E-state index contributed by atoms with van der Waals surface area (Å²) in [4.78, 5) is 11.7. The molecule has 0 amide bonds. The van der Waals surface area contributed by atoms with E-state index in [0.717, 1.165) is 0 Å². The fourth-order valence-corrected chi connectivity index (χ4v) is 1.99. The first-order valence-electron chi connectivity index (χ1n) is 6.06. The number of carbonyl (C=O) groups excluding carboxylic acids is 1. The molecule has 0 aromatic heterocycles. The molecule has 0 atom stereocenters. The molecule has 0 bridgehead atoms. The number of rotatable bonds is 4. The van der Waals surface area contributed by atoms with Gasteiger partial charge >= 0.3 is 5.97 Å². The van der Waals surface area contributed by atoms with Crippen LogP contribution < -0.4 is 10.5 Å². The molecular weight excluding hydrogens is 297 g/mol. The summed E-state index contributed by atoms with van der Waals surface area (Å²) in [5.74, 6) is -0.834. The normalized spacial score (nSPS) is 10.2. The molecule has 2 aromatic rings. The van der Waals surface area contributed by atoms with Crippen LogP contribution in [0, 0.1) is 5.82 Å². The average molecular weight is 310 g/mol. The van der Waals surface area contributed by atoms with E-state index in [2.05, 4.69) is 4.74 Å². The molecule has 2 N–H and O–H groups in total. The van der Waals surface area contributed by atoms with Crippen molar-refractivity contribution in [2.45, 2.75) is 6.61 Å². The average Bonchev–Trinajstić information content (AvgIpc) is 2.47. The smallest absolute Gasteiger partial charge is 0.343 e. The maximum absolute atomic E-state index is 13.6. The summed E-state index contributed by atoms with van der Waals surface area (Å²) in [6.45, 7) is -0.0835. The Balaban J connectivity index is 2.26. The van der Waals surface area contributed by atoms with Crippen molar-refractivity contribution in [2.24, 2.45) is 0 Å². The van der Waals surface area contributed by atoms with E-state index in [0.29, 0.717) is 5.02 Å². The number of nitrogen functional groups attached to an aromatic ring is 1. The van der Waals surface area contributed by atoms with Gasteiger partial charge in [0.05, 0.1) is 7.11 Å². The maximum atomic E-state index is 13.6. The summed E-state index contributed by atoms with van der Waals surface area (Å²) in [6.07, 6.45) is 0. The largest absolute Gasteiger partial charge is 0.488 e. The highest BCUT2D eigenvalue weighted by atomic mass is 35.5. The van der Waals surface area contributed by atoms with E-state index < -0.39 is 11.8 Å². The lowest BCUT2D eigenvalue weighted by Crippen LogP contribution is -2.09. The van der Waals surface area contributed by atoms with Crippen LogP contribution in [-0.4, -0.2) is 13.1 Å². The van der Waals surface area contributed by atoms with Crippen LogP contribution in [0.25, 0.3) is 0 Å². The van der Waals surface area contributed by atoms with Gasteiger partial charge in [-0.15, -0.1) is 0 Å². The Labute approximate surface area is 126 Å². The highest BCUT2D eigenvalue weighted by Crippen LogP contribution is 2.26. The molecule has 0 aliphatic heterocycles. The minimum atomic E-state index is -0.616. The Morgan fingerprint density at radius 1 is 1.33 bits per heavy atom. The minimum absolute atomic E-state index is 0.0835. The van der Waals surface area contributed by atoms with Crippen LogP contribution in [0.1, 0.15) is 15.9 Å². The fourth-order valence-electron chi connectivity index (χ4n) is 1.80. The molecule has 0 heterocycles. The molecular formula is C15H13ClFNO3. The van der Waals surface area contributed by atoms with E-state index in [9.17, 15) is 9.18 Å². The molecule has 2 aromatic carbocycles. The van der Waals surface area contributed by atoms with Gasteiger partial charge in [-0.05, 0) is 30.3 Å². The van der Waals surface area contributed by atoms with Gasteiger partial charge in [-0.2, -0.15) is 0 Å². The van der Waals surface area contributed by atoms with Crippen LogP contribution in [0.5, 0.6) is 5.75 Å². The SMILES string of the molecule is COC(=O)c1c(N)cccc1OCc1cc(Cl)ccc1F. The number of ether oxygens (including phenoxy) is 2. The van der Waals surface area contributed by atoms with Gasteiger partial charge in [-0.1, -0.05) is 17.7 Å². The number of esters is 1. The lowest BCUT2D eigenvalue weighted by Gasteiger charge is -2.12. The molecule has 0 radical (unpaired) electrons. The predicted octanol–water partition coefficient (Wildman–Crippen LogP) is 3.43. The first-order chi connectivity index (χ1) is 10.0. The third-order valence-corrected chi connectivity index (χ3v) is 3.07. The van der Waals surface area contributed by atoms with Crippen molar-refractivity contribution in [3.63, 3.8) is 0 Å². The Kier molecular flexibility index (Phi) is 4.65. The zero-order valence-electron chi connectivity index (χ0n) is 11.2. The van der Waals surface area contributed by atoms with Gasteiger partial charge in [0.25, 0.3) is 0 Å². The molecule has 0 saturated carbocycles. The van der Waals surface area contributed by atoms with Gasteiger partial charge < -0.3 is 15.2 Å². The first kappa shape index (κ1) is 15.1. The molecule has 0 saturated heterocycles. The van der Waals surface area contributed by atoms with E-state index in [-0.39, 0.29) is 29.2 Å². The molecule has 0 aliphatic carbocycles. The summed E-state index contributed by atoms with van der Waals surface area (Å²) >= 11 is 5.81. The fraction of sp³-hybridized carbons (Fsp3) is 0.133. The number of hydrogen-bond donors (Lipinski definition) is 1. The molecule has 2 rings (SSSR count). The van der Waals surface area contributed by atoms with Gasteiger partial charge in [-0.25, -0.2) is 9.18 Å². The van der Waals surface area contributed by atoms with E-state index >= 15 is 0 Å². The predicted molar refractivity (Wildman–Crippen MR) is 77.9 cm³/mol. The number of carbonyl (C=O) groups is 1. The van der Waals surface area contributed by atoms with Crippen molar-refractivity contribution in [3.05, 3.63) is 58.4 Å². The van der Waals surface area contributed by atoms with Crippen molar-refractivity contribution in [2.75, 3.05) is 12.8 Å².